The van der Waals surface area contributed by atoms with Crippen molar-refractivity contribution in [3.05, 3.63) is 30.3 Å². The van der Waals surface area contributed by atoms with Crippen LogP contribution in [0.3, 0.4) is 0 Å². The van der Waals surface area contributed by atoms with Gasteiger partial charge in [0, 0.05) is 17.2 Å². The number of rotatable bonds is 5. The Labute approximate surface area is 113 Å². The number of hydrogen-bond acceptors (Lipinski definition) is 3. The van der Waals surface area contributed by atoms with Gasteiger partial charge in [0.2, 0.25) is 5.91 Å². The highest BCUT2D eigenvalue weighted by atomic mass is 32.2. The molecule has 0 fully saturated rings. The largest absolute Gasteiger partial charge is 0.415 e. The van der Waals surface area contributed by atoms with Gasteiger partial charge in [0.25, 0.3) is 0 Å². The monoisotopic (exact) mass is 292 g/mol. The Morgan fingerprint density at radius 2 is 1.89 bits per heavy atom. The lowest BCUT2D eigenvalue weighted by atomic mass is 10.0. The quantitative estimate of drug-likeness (QED) is 0.646. The van der Waals surface area contributed by atoms with Crippen molar-refractivity contribution in [2.45, 2.75) is 23.5 Å². The normalized spacial score (nSPS) is 14.8. The Kier molecular flexibility index (Phi) is 5.25. The maximum Gasteiger partial charge on any atom is 0.415 e. The molecule has 3 nitrogen and oxygen atoms in total. The smallest absolute Gasteiger partial charge is 0.353 e. The summed E-state index contributed by atoms with van der Waals surface area (Å²) in [7, 11) is 0. The van der Waals surface area contributed by atoms with Crippen molar-refractivity contribution in [3.63, 3.8) is 0 Å². The number of benzene rings is 1. The van der Waals surface area contributed by atoms with Crippen LogP contribution in [0.2, 0.25) is 0 Å². The van der Waals surface area contributed by atoms with E-state index in [9.17, 15) is 18.0 Å². The van der Waals surface area contributed by atoms with E-state index in [2.05, 4.69) is 5.32 Å². The molecule has 0 saturated heterocycles. The first-order valence-corrected chi connectivity index (χ1v) is 6.55. The van der Waals surface area contributed by atoms with E-state index >= 15 is 0 Å². The van der Waals surface area contributed by atoms with E-state index in [0.29, 0.717) is 12.7 Å². The van der Waals surface area contributed by atoms with Gasteiger partial charge in [-0.25, -0.2) is 0 Å². The molecule has 0 aliphatic heterocycles. The van der Waals surface area contributed by atoms with Gasteiger partial charge in [0.05, 0.1) is 0 Å². The van der Waals surface area contributed by atoms with Gasteiger partial charge in [-0.05, 0) is 19.1 Å². The predicted molar refractivity (Wildman–Crippen MR) is 68.8 cm³/mol. The Hall–Kier alpha value is -1.21. The fourth-order valence-electron chi connectivity index (χ4n) is 1.16. The molecule has 0 aliphatic carbocycles. The Bertz CT molecular complexity index is 421. The molecule has 0 bridgehead atoms. The fraction of sp³-hybridized carbons (Fsp3) is 0.417. The molecule has 0 aromatic heterocycles. The van der Waals surface area contributed by atoms with Gasteiger partial charge >= 0.3 is 6.18 Å². The summed E-state index contributed by atoms with van der Waals surface area (Å²) in [6, 6.07) is 9.36. The van der Waals surface area contributed by atoms with Crippen LogP contribution in [0, 0.1) is 0 Å². The van der Waals surface area contributed by atoms with Crippen LogP contribution in [-0.2, 0) is 4.79 Å². The number of nitrogens with two attached hydrogens (primary N) is 1. The molecule has 0 radical (unpaired) electrons. The molecule has 106 valence electrons. The maximum atomic E-state index is 12.5. The summed E-state index contributed by atoms with van der Waals surface area (Å²) in [4.78, 5) is 12.3. The van der Waals surface area contributed by atoms with Crippen LogP contribution in [0.5, 0.6) is 0 Å². The number of alkyl halides is 3. The highest BCUT2D eigenvalue weighted by Crippen LogP contribution is 2.27. The fourth-order valence-corrected chi connectivity index (χ4v) is 1.95. The molecule has 7 heteroatoms. The molecular formula is C12H15F3N2OS. The number of nitrogens with one attached hydrogen (secondary N) is 1. The molecule has 1 atom stereocenters. The van der Waals surface area contributed by atoms with E-state index in [0.717, 1.165) is 4.90 Å². The van der Waals surface area contributed by atoms with E-state index in [1.54, 1.807) is 0 Å². The highest BCUT2D eigenvalue weighted by molar-refractivity contribution is 7.99. The average Bonchev–Trinajstić information content (AvgIpc) is 2.34. The van der Waals surface area contributed by atoms with Gasteiger partial charge in [-0.15, -0.1) is 11.8 Å². The third kappa shape index (κ3) is 4.43. The van der Waals surface area contributed by atoms with Crippen molar-refractivity contribution in [2.75, 3.05) is 12.3 Å². The summed E-state index contributed by atoms with van der Waals surface area (Å²) in [6.07, 6.45) is -4.76. The average molecular weight is 292 g/mol. The van der Waals surface area contributed by atoms with Crippen molar-refractivity contribution in [3.8, 4) is 0 Å². The lowest BCUT2D eigenvalue weighted by Crippen LogP contribution is -2.61. The van der Waals surface area contributed by atoms with Crippen molar-refractivity contribution in [1.29, 1.82) is 0 Å². The minimum Gasteiger partial charge on any atom is -0.353 e. The van der Waals surface area contributed by atoms with Crippen molar-refractivity contribution >= 4 is 17.7 Å². The van der Waals surface area contributed by atoms with Gasteiger partial charge in [0.1, 0.15) is 0 Å². The van der Waals surface area contributed by atoms with Gasteiger partial charge in [-0.3, -0.25) is 4.79 Å². The number of thioether (sulfide) groups is 1. The van der Waals surface area contributed by atoms with Gasteiger partial charge in [0.15, 0.2) is 5.54 Å². The van der Waals surface area contributed by atoms with Gasteiger partial charge < -0.3 is 11.1 Å². The summed E-state index contributed by atoms with van der Waals surface area (Å²) in [6.45, 7) is 0.786. The van der Waals surface area contributed by atoms with E-state index in [4.69, 9.17) is 5.73 Å². The maximum absolute atomic E-state index is 12.5. The summed E-state index contributed by atoms with van der Waals surface area (Å²) in [5.74, 6) is -0.738. The van der Waals surface area contributed by atoms with Crippen molar-refractivity contribution < 1.29 is 18.0 Å². The molecule has 1 aromatic carbocycles. The van der Waals surface area contributed by atoms with Gasteiger partial charge in [-0.1, -0.05) is 18.2 Å². The minimum absolute atomic E-state index is 0.126. The molecule has 1 unspecified atom stereocenters. The zero-order chi connectivity index (χ0) is 14.5. The summed E-state index contributed by atoms with van der Waals surface area (Å²) in [5.41, 5.74) is 2.13. The molecular weight excluding hydrogens is 277 g/mol. The number of carbonyl (C=O) groups is 1. The minimum atomic E-state index is -4.76. The molecule has 3 N–H and O–H groups in total. The summed E-state index contributed by atoms with van der Waals surface area (Å²) in [5, 5.41) is 2.19. The molecule has 0 aliphatic rings. The Balaban J connectivity index is 2.36. The molecule has 1 rings (SSSR count). The zero-order valence-corrected chi connectivity index (χ0v) is 11.1. The number of carbonyl (C=O) groups excluding carboxylic acids is 1. The van der Waals surface area contributed by atoms with Crippen molar-refractivity contribution in [1.82, 2.24) is 5.32 Å². The van der Waals surface area contributed by atoms with Gasteiger partial charge in [-0.2, -0.15) is 13.2 Å². The summed E-state index contributed by atoms with van der Waals surface area (Å²) < 4.78 is 37.4. The molecule has 0 heterocycles. The lowest BCUT2D eigenvalue weighted by molar-refractivity contribution is -0.187. The number of hydrogen-bond donors (Lipinski definition) is 2. The van der Waals surface area contributed by atoms with E-state index < -0.39 is 17.6 Å². The van der Waals surface area contributed by atoms with Crippen LogP contribution in [0.15, 0.2) is 35.2 Å². The van der Waals surface area contributed by atoms with Crippen LogP contribution in [0.1, 0.15) is 6.92 Å². The topological polar surface area (TPSA) is 55.1 Å². The molecule has 0 spiro atoms. The highest BCUT2D eigenvalue weighted by Gasteiger charge is 2.53. The molecule has 1 amide bonds. The second kappa shape index (κ2) is 6.29. The van der Waals surface area contributed by atoms with E-state index in [-0.39, 0.29) is 6.54 Å². The van der Waals surface area contributed by atoms with Crippen LogP contribution in [-0.4, -0.2) is 29.9 Å². The Morgan fingerprint density at radius 3 is 2.42 bits per heavy atom. The number of halogens is 3. The first-order valence-electron chi connectivity index (χ1n) is 5.57. The zero-order valence-electron chi connectivity index (χ0n) is 10.3. The van der Waals surface area contributed by atoms with Crippen LogP contribution < -0.4 is 11.1 Å². The molecule has 1 aromatic rings. The Morgan fingerprint density at radius 1 is 1.32 bits per heavy atom. The van der Waals surface area contributed by atoms with Crippen LogP contribution >= 0.6 is 11.8 Å². The SMILES string of the molecule is CC(N)(C(=O)NCCSc1ccccc1)C(F)(F)F. The first-order chi connectivity index (χ1) is 8.75. The second-order valence-electron chi connectivity index (χ2n) is 4.12. The van der Waals surface area contributed by atoms with Crippen LogP contribution in [0.4, 0.5) is 13.2 Å². The van der Waals surface area contributed by atoms with E-state index in [1.165, 1.54) is 11.8 Å². The lowest BCUT2D eigenvalue weighted by Gasteiger charge is -2.26. The van der Waals surface area contributed by atoms with Crippen LogP contribution in [0.25, 0.3) is 0 Å². The predicted octanol–water partition coefficient (Wildman–Crippen LogP) is 2.17. The second-order valence-corrected chi connectivity index (χ2v) is 5.29. The third-order valence-corrected chi connectivity index (χ3v) is 3.47. The van der Waals surface area contributed by atoms with E-state index in [1.807, 2.05) is 30.3 Å². The molecule has 19 heavy (non-hydrogen) atoms. The first kappa shape index (κ1) is 15.8. The van der Waals surface area contributed by atoms with Crippen molar-refractivity contribution in [2.24, 2.45) is 5.73 Å². The number of amides is 1. The summed E-state index contributed by atoms with van der Waals surface area (Å²) >= 11 is 1.44. The standard InChI is InChI=1S/C12H15F3N2OS/c1-11(16,12(13,14)15)10(18)17-7-8-19-9-5-3-2-4-6-9/h2-6H,7-8,16H2,1H3,(H,17,18). The third-order valence-electron chi connectivity index (χ3n) is 2.46. The molecule has 0 saturated carbocycles.